The molecule has 94 valence electrons. The number of carbonyl (C=O) groups excluding carboxylic acids is 1. The lowest BCUT2D eigenvalue weighted by atomic mass is 10.3. The highest BCUT2D eigenvalue weighted by Gasteiger charge is 2.26. The molecule has 0 aliphatic carbocycles. The Kier molecular flexibility index (Phi) is 6.10. The molecule has 6 heteroatoms. The van der Waals surface area contributed by atoms with E-state index in [9.17, 15) is 18.0 Å². The van der Waals surface area contributed by atoms with E-state index < -0.39 is 24.9 Å². The Labute approximate surface area is 92.2 Å². The molecular weight excluding hydrogens is 225 g/mol. The number of halogens is 3. The van der Waals surface area contributed by atoms with Crippen molar-refractivity contribution in [2.45, 2.75) is 39.2 Å². The van der Waals surface area contributed by atoms with Gasteiger partial charge in [-0.2, -0.15) is 13.2 Å². The van der Waals surface area contributed by atoms with Crippen LogP contribution in [0.15, 0.2) is 12.2 Å². The summed E-state index contributed by atoms with van der Waals surface area (Å²) in [6.07, 6.45) is -6.11. The second-order valence-electron chi connectivity index (χ2n) is 3.34. The first-order valence-corrected chi connectivity index (χ1v) is 4.77. The number of esters is 1. The summed E-state index contributed by atoms with van der Waals surface area (Å²) in [5, 5.41) is 0. The van der Waals surface area contributed by atoms with Gasteiger partial charge >= 0.3 is 12.1 Å². The number of ether oxygens (including phenoxy) is 2. The first-order valence-electron chi connectivity index (χ1n) is 4.77. The standard InChI is InChI=1S/C10H15F3O3/c1-7(2)9(14)16-8(3)15-6-4-5-10(11,12)13/h8H,1,4-6H2,2-3H3. The van der Waals surface area contributed by atoms with Gasteiger partial charge in [-0.1, -0.05) is 6.58 Å². The molecule has 0 fully saturated rings. The van der Waals surface area contributed by atoms with E-state index in [2.05, 4.69) is 6.58 Å². The Hall–Kier alpha value is -1.04. The molecule has 0 N–H and O–H groups in total. The fraction of sp³-hybridized carbons (Fsp3) is 0.700. The van der Waals surface area contributed by atoms with Crippen LogP contribution in [0.2, 0.25) is 0 Å². The van der Waals surface area contributed by atoms with Crippen LogP contribution in [0.4, 0.5) is 13.2 Å². The maximum atomic E-state index is 11.7. The fourth-order valence-electron chi connectivity index (χ4n) is 0.807. The Morgan fingerprint density at radius 3 is 2.44 bits per heavy atom. The topological polar surface area (TPSA) is 35.5 Å². The molecule has 0 aliphatic rings. The van der Waals surface area contributed by atoms with Crippen LogP contribution in [-0.2, 0) is 14.3 Å². The monoisotopic (exact) mass is 240 g/mol. The Balaban J connectivity index is 3.63. The summed E-state index contributed by atoms with van der Waals surface area (Å²) >= 11 is 0. The normalized spacial score (nSPS) is 13.3. The summed E-state index contributed by atoms with van der Waals surface area (Å²) in [4.78, 5) is 11.0. The summed E-state index contributed by atoms with van der Waals surface area (Å²) in [6, 6.07) is 0. The summed E-state index contributed by atoms with van der Waals surface area (Å²) in [7, 11) is 0. The van der Waals surface area contributed by atoms with Crippen LogP contribution in [0, 0.1) is 0 Å². The number of alkyl halides is 3. The van der Waals surface area contributed by atoms with Crippen LogP contribution in [0.25, 0.3) is 0 Å². The van der Waals surface area contributed by atoms with E-state index in [1.807, 2.05) is 0 Å². The van der Waals surface area contributed by atoms with Crippen LogP contribution in [0.3, 0.4) is 0 Å². The third kappa shape index (κ3) is 8.28. The molecule has 0 radical (unpaired) electrons. The van der Waals surface area contributed by atoms with Crippen molar-refractivity contribution < 1.29 is 27.4 Å². The summed E-state index contributed by atoms with van der Waals surface area (Å²) < 4.78 is 44.8. The van der Waals surface area contributed by atoms with Gasteiger partial charge in [0.2, 0.25) is 0 Å². The average molecular weight is 240 g/mol. The molecule has 0 bridgehead atoms. The zero-order valence-electron chi connectivity index (χ0n) is 9.26. The Bertz CT molecular complexity index is 248. The van der Waals surface area contributed by atoms with E-state index in [1.54, 1.807) is 0 Å². The van der Waals surface area contributed by atoms with Gasteiger partial charge in [0, 0.05) is 12.0 Å². The molecule has 0 aliphatic heterocycles. The molecule has 0 spiro atoms. The van der Waals surface area contributed by atoms with Gasteiger partial charge in [-0.3, -0.25) is 0 Å². The lowest BCUT2D eigenvalue weighted by molar-refractivity contribution is -0.174. The van der Waals surface area contributed by atoms with Crippen molar-refractivity contribution in [3.8, 4) is 0 Å². The second-order valence-corrected chi connectivity index (χ2v) is 3.34. The van der Waals surface area contributed by atoms with E-state index in [-0.39, 0.29) is 18.6 Å². The molecule has 1 unspecified atom stereocenters. The zero-order chi connectivity index (χ0) is 12.8. The van der Waals surface area contributed by atoms with Crippen LogP contribution >= 0.6 is 0 Å². The third-order valence-corrected chi connectivity index (χ3v) is 1.58. The van der Waals surface area contributed by atoms with Crippen molar-refractivity contribution in [2.24, 2.45) is 0 Å². The molecule has 1 atom stereocenters. The molecule has 0 amide bonds. The second kappa shape index (κ2) is 6.52. The van der Waals surface area contributed by atoms with E-state index in [1.165, 1.54) is 13.8 Å². The van der Waals surface area contributed by atoms with Gasteiger partial charge in [-0.05, 0) is 20.3 Å². The molecule has 16 heavy (non-hydrogen) atoms. The van der Waals surface area contributed by atoms with Crippen LogP contribution in [0.5, 0.6) is 0 Å². The van der Waals surface area contributed by atoms with Gasteiger partial charge in [0.05, 0.1) is 6.61 Å². The summed E-state index contributed by atoms with van der Waals surface area (Å²) in [6.45, 7) is 6.16. The van der Waals surface area contributed by atoms with Crippen molar-refractivity contribution in [1.29, 1.82) is 0 Å². The first-order chi connectivity index (χ1) is 7.22. The summed E-state index contributed by atoms with van der Waals surface area (Å²) in [5.74, 6) is -0.622. The largest absolute Gasteiger partial charge is 0.433 e. The van der Waals surface area contributed by atoms with E-state index >= 15 is 0 Å². The van der Waals surface area contributed by atoms with E-state index in [0.29, 0.717) is 0 Å². The van der Waals surface area contributed by atoms with Crippen LogP contribution in [-0.4, -0.2) is 25.0 Å². The maximum Gasteiger partial charge on any atom is 0.389 e. The summed E-state index contributed by atoms with van der Waals surface area (Å²) in [5.41, 5.74) is 0.214. The van der Waals surface area contributed by atoms with Crippen LogP contribution < -0.4 is 0 Å². The predicted octanol–water partition coefficient (Wildman–Crippen LogP) is 2.81. The zero-order valence-corrected chi connectivity index (χ0v) is 9.26. The van der Waals surface area contributed by atoms with Crippen molar-refractivity contribution in [2.75, 3.05) is 6.61 Å². The molecule has 0 rings (SSSR count). The van der Waals surface area contributed by atoms with Gasteiger partial charge in [-0.25, -0.2) is 4.79 Å². The number of hydrogen-bond donors (Lipinski definition) is 0. The van der Waals surface area contributed by atoms with Crippen LogP contribution in [0.1, 0.15) is 26.7 Å². The maximum absolute atomic E-state index is 11.7. The molecule has 3 nitrogen and oxygen atoms in total. The highest BCUT2D eigenvalue weighted by atomic mass is 19.4. The number of carbonyl (C=O) groups is 1. The molecule has 0 saturated heterocycles. The minimum atomic E-state index is -4.18. The van der Waals surface area contributed by atoms with Gasteiger partial charge < -0.3 is 9.47 Å². The minimum absolute atomic E-state index is 0.107. The van der Waals surface area contributed by atoms with Gasteiger partial charge in [-0.15, -0.1) is 0 Å². The van der Waals surface area contributed by atoms with Crippen molar-refractivity contribution in [3.63, 3.8) is 0 Å². The fourth-order valence-corrected chi connectivity index (χ4v) is 0.807. The third-order valence-electron chi connectivity index (χ3n) is 1.58. The Morgan fingerprint density at radius 1 is 1.44 bits per heavy atom. The highest BCUT2D eigenvalue weighted by Crippen LogP contribution is 2.21. The van der Waals surface area contributed by atoms with E-state index in [4.69, 9.17) is 9.47 Å². The molecule has 0 heterocycles. The highest BCUT2D eigenvalue weighted by molar-refractivity contribution is 5.86. The lowest BCUT2D eigenvalue weighted by Gasteiger charge is -2.14. The predicted molar refractivity (Wildman–Crippen MR) is 51.6 cm³/mol. The smallest absolute Gasteiger partial charge is 0.389 e. The molecule has 0 saturated carbocycles. The van der Waals surface area contributed by atoms with Gasteiger partial charge in [0.1, 0.15) is 0 Å². The number of hydrogen-bond acceptors (Lipinski definition) is 3. The SMILES string of the molecule is C=C(C)C(=O)OC(C)OCCCC(F)(F)F. The lowest BCUT2D eigenvalue weighted by Crippen LogP contribution is -2.19. The molecule has 0 aromatic carbocycles. The number of rotatable bonds is 6. The van der Waals surface area contributed by atoms with E-state index in [0.717, 1.165) is 0 Å². The molecule has 0 aromatic heterocycles. The molecular formula is C10H15F3O3. The van der Waals surface area contributed by atoms with Gasteiger partial charge in [0.15, 0.2) is 6.29 Å². The minimum Gasteiger partial charge on any atom is -0.433 e. The van der Waals surface area contributed by atoms with Crippen molar-refractivity contribution in [1.82, 2.24) is 0 Å². The van der Waals surface area contributed by atoms with Crippen molar-refractivity contribution >= 4 is 5.97 Å². The molecule has 0 aromatic rings. The van der Waals surface area contributed by atoms with Crippen molar-refractivity contribution in [3.05, 3.63) is 12.2 Å². The quantitative estimate of drug-likeness (QED) is 0.310. The van der Waals surface area contributed by atoms with Gasteiger partial charge in [0.25, 0.3) is 0 Å². The Morgan fingerprint density at radius 2 is 2.00 bits per heavy atom. The average Bonchev–Trinajstić information content (AvgIpc) is 2.10. The first kappa shape index (κ1) is 15.0.